The van der Waals surface area contributed by atoms with Gasteiger partial charge in [0.25, 0.3) is 5.91 Å². The van der Waals surface area contributed by atoms with Crippen LogP contribution in [0.3, 0.4) is 0 Å². The number of halogens is 3. The molecule has 0 aliphatic heterocycles. The van der Waals surface area contributed by atoms with Crippen molar-refractivity contribution in [1.29, 1.82) is 0 Å². The molecule has 0 saturated carbocycles. The van der Waals surface area contributed by atoms with Gasteiger partial charge >= 0.3 is 6.18 Å². The highest BCUT2D eigenvalue weighted by Crippen LogP contribution is 2.31. The third kappa shape index (κ3) is 4.33. The fourth-order valence-corrected chi connectivity index (χ4v) is 2.38. The fourth-order valence-electron chi connectivity index (χ4n) is 2.38. The van der Waals surface area contributed by atoms with E-state index in [1.165, 1.54) is 23.1 Å². The molecule has 142 valence electrons. The molecule has 3 heterocycles. The van der Waals surface area contributed by atoms with Crippen molar-refractivity contribution in [2.24, 2.45) is 0 Å². The van der Waals surface area contributed by atoms with Gasteiger partial charge in [-0.05, 0) is 6.07 Å². The molecule has 0 aliphatic carbocycles. The van der Waals surface area contributed by atoms with Gasteiger partial charge in [-0.1, -0.05) is 19.0 Å². The van der Waals surface area contributed by atoms with E-state index in [1.807, 2.05) is 13.8 Å². The smallest absolute Gasteiger partial charge is 0.360 e. The Hall–Kier alpha value is -3.17. The summed E-state index contributed by atoms with van der Waals surface area (Å²) in [5.41, 5.74) is -0.365. The second-order valence-electron chi connectivity index (χ2n) is 6.18. The number of hydrogen-bond acceptors (Lipinski definition) is 5. The summed E-state index contributed by atoms with van der Waals surface area (Å²) in [7, 11) is 0. The quantitative estimate of drug-likeness (QED) is 0.730. The molecule has 1 amide bonds. The molecule has 0 unspecified atom stereocenters. The predicted octanol–water partition coefficient (Wildman–Crippen LogP) is 3.71. The summed E-state index contributed by atoms with van der Waals surface area (Å²) >= 11 is 0. The number of alkyl halides is 3. The molecule has 1 N–H and O–H groups in total. The van der Waals surface area contributed by atoms with Crippen LogP contribution in [0.4, 0.5) is 18.9 Å². The third-order valence-corrected chi connectivity index (χ3v) is 3.76. The number of carbonyl (C=O) groups is 1. The predicted molar refractivity (Wildman–Crippen MR) is 89.1 cm³/mol. The van der Waals surface area contributed by atoms with Gasteiger partial charge in [0.1, 0.15) is 5.76 Å². The average molecular weight is 379 g/mol. The van der Waals surface area contributed by atoms with E-state index in [0.717, 1.165) is 18.5 Å². The maximum absolute atomic E-state index is 13.0. The van der Waals surface area contributed by atoms with E-state index in [-0.39, 0.29) is 23.7 Å². The van der Waals surface area contributed by atoms with Crippen LogP contribution in [0.1, 0.15) is 47.1 Å². The first-order chi connectivity index (χ1) is 12.7. The molecule has 3 aromatic rings. The molecule has 27 heavy (non-hydrogen) atoms. The lowest BCUT2D eigenvalue weighted by molar-refractivity contribution is -0.138. The normalized spacial score (nSPS) is 11.8. The van der Waals surface area contributed by atoms with Gasteiger partial charge in [-0.15, -0.1) is 0 Å². The number of pyridine rings is 1. The molecule has 0 fully saturated rings. The largest absolute Gasteiger partial charge is 0.416 e. The summed E-state index contributed by atoms with van der Waals surface area (Å²) in [6.45, 7) is 3.67. The standard InChI is InChI=1S/C17H16F3N5O2/c1-10(2)15-5-14(24-27-15)16(26)23-12-7-22-25(9-12)8-11-6-21-4-3-13(11)17(18,19)20/h3-7,9-10H,8H2,1-2H3,(H,23,26). The Morgan fingerprint density at radius 1 is 1.33 bits per heavy atom. The Labute approximate surface area is 152 Å². The number of aromatic nitrogens is 4. The minimum atomic E-state index is -4.48. The van der Waals surface area contributed by atoms with Crippen molar-refractivity contribution in [3.63, 3.8) is 0 Å². The van der Waals surface area contributed by atoms with Gasteiger partial charge in [0, 0.05) is 36.1 Å². The number of hydrogen-bond donors (Lipinski definition) is 1. The van der Waals surface area contributed by atoms with Gasteiger partial charge in [0.05, 0.1) is 24.0 Å². The van der Waals surface area contributed by atoms with Crippen molar-refractivity contribution in [2.75, 3.05) is 5.32 Å². The van der Waals surface area contributed by atoms with Crippen molar-refractivity contribution >= 4 is 11.6 Å². The fraction of sp³-hybridized carbons (Fsp3) is 0.294. The number of nitrogens with one attached hydrogen (secondary N) is 1. The SMILES string of the molecule is CC(C)c1cc(C(=O)Nc2cnn(Cc3cnccc3C(F)(F)F)c2)no1. The Bertz CT molecular complexity index is 946. The molecule has 0 atom stereocenters. The Balaban J connectivity index is 1.71. The third-order valence-electron chi connectivity index (χ3n) is 3.76. The zero-order valence-corrected chi connectivity index (χ0v) is 14.5. The minimum absolute atomic E-state index is 0.0240. The second-order valence-corrected chi connectivity index (χ2v) is 6.18. The van der Waals surface area contributed by atoms with Gasteiger partial charge < -0.3 is 9.84 Å². The van der Waals surface area contributed by atoms with E-state index >= 15 is 0 Å². The summed E-state index contributed by atoms with van der Waals surface area (Å²) in [5, 5.41) is 10.3. The van der Waals surface area contributed by atoms with E-state index < -0.39 is 17.6 Å². The highest BCUT2D eigenvalue weighted by atomic mass is 19.4. The van der Waals surface area contributed by atoms with Crippen molar-refractivity contribution in [2.45, 2.75) is 32.5 Å². The van der Waals surface area contributed by atoms with Crippen molar-refractivity contribution in [3.05, 3.63) is 59.5 Å². The molecule has 0 spiro atoms. The number of rotatable bonds is 5. The van der Waals surface area contributed by atoms with E-state index in [0.29, 0.717) is 11.4 Å². The molecule has 0 saturated heterocycles. The zero-order chi connectivity index (χ0) is 19.6. The molecule has 0 bridgehead atoms. The number of anilines is 1. The van der Waals surface area contributed by atoms with Crippen molar-refractivity contribution in [3.8, 4) is 0 Å². The summed E-state index contributed by atoms with van der Waals surface area (Å²) in [4.78, 5) is 15.9. The Morgan fingerprint density at radius 2 is 2.11 bits per heavy atom. The summed E-state index contributed by atoms with van der Waals surface area (Å²) in [6.07, 6.45) is 0.513. The molecule has 10 heteroatoms. The molecule has 3 aromatic heterocycles. The molecule has 0 radical (unpaired) electrons. The lowest BCUT2D eigenvalue weighted by atomic mass is 10.1. The Morgan fingerprint density at radius 3 is 2.78 bits per heavy atom. The van der Waals surface area contributed by atoms with Gasteiger partial charge in [-0.3, -0.25) is 14.5 Å². The molecule has 3 rings (SSSR count). The monoisotopic (exact) mass is 379 g/mol. The molecular weight excluding hydrogens is 363 g/mol. The maximum atomic E-state index is 13.0. The van der Waals surface area contributed by atoms with Crippen LogP contribution in [0.2, 0.25) is 0 Å². The zero-order valence-electron chi connectivity index (χ0n) is 14.5. The van der Waals surface area contributed by atoms with E-state index in [1.54, 1.807) is 0 Å². The highest BCUT2D eigenvalue weighted by Gasteiger charge is 2.33. The first-order valence-electron chi connectivity index (χ1n) is 8.04. The number of carbonyl (C=O) groups excluding carboxylic acids is 1. The van der Waals surface area contributed by atoms with Crippen LogP contribution in [-0.4, -0.2) is 25.8 Å². The lowest BCUT2D eigenvalue weighted by Crippen LogP contribution is -2.13. The number of nitrogens with zero attached hydrogens (tertiary/aromatic N) is 4. The van der Waals surface area contributed by atoms with Gasteiger partial charge in [-0.25, -0.2) is 0 Å². The van der Waals surface area contributed by atoms with E-state index in [9.17, 15) is 18.0 Å². The number of amides is 1. The second kappa shape index (κ2) is 7.22. The van der Waals surface area contributed by atoms with Crippen LogP contribution >= 0.6 is 0 Å². The van der Waals surface area contributed by atoms with Crippen LogP contribution in [0, 0.1) is 0 Å². The van der Waals surface area contributed by atoms with Crippen LogP contribution < -0.4 is 5.32 Å². The molecule has 7 nitrogen and oxygen atoms in total. The van der Waals surface area contributed by atoms with E-state index in [4.69, 9.17) is 4.52 Å². The topological polar surface area (TPSA) is 85.8 Å². The van der Waals surface area contributed by atoms with Crippen LogP contribution in [-0.2, 0) is 12.7 Å². The average Bonchev–Trinajstić information content (AvgIpc) is 3.24. The first-order valence-corrected chi connectivity index (χ1v) is 8.04. The van der Waals surface area contributed by atoms with E-state index in [2.05, 4.69) is 20.6 Å². The van der Waals surface area contributed by atoms with Gasteiger partial charge in [0.2, 0.25) is 0 Å². The molecule has 0 aliphatic rings. The minimum Gasteiger partial charge on any atom is -0.360 e. The summed E-state index contributed by atoms with van der Waals surface area (Å²) in [5.74, 6) is 0.166. The van der Waals surface area contributed by atoms with Crippen LogP contribution in [0.25, 0.3) is 0 Å². The lowest BCUT2D eigenvalue weighted by Gasteiger charge is -2.11. The van der Waals surface area contributed by atoms with Gasteiger partial charge in [-0.2, -0.15) is 18.3 Å². The van der Waals surface area contributed by atoms with Crippen molar-refractivity contribution in [1.82, 2.24) is 19.9 Å². The molecular formula is C17H16F3N5O2. The van der Waals surface area contributed by atoms with Crippen LogP contribution in [0.15, 0.2) is 41.4 Å². The first kappa shape index (κ1) is 18.6. The molecule has 0 aromatic carbocycles. The maximum Gasteiger partial charge on any atom is 0.416 e. The van der Waals surface area contributed by atoms with Crippen LogP contribution in [0.5, 0.6) is 0 Å². The Kier molecular flexibility index (Phi) is 4.98. The highest BCUT2D eigenvalue weighted by molar-refractivity contribution is 6.02. The van der Waals surface area contributed by atoms with Crippen molar-refractivity contribution < 1.29 is 22.5 Å². The summed E-state index contributed by atoms with van der Waals surface area (Å²) in [6, 6.07) is 2.45. The summed E-state index contributed by atoms with van der Waals surface area (Å²) < 4.78 is 45.5. The van der Waals surface area contributed by atoms with Gasteiger partial charge in [0.15, 0.2) is 5.69 Å².